The summed E-state index contributed by atoms with van der Waals surface area (Å²) >= 11 is 6.44. The topological polar surface area (TPSA) is 75.6 Å². The Morgan fingerprint density at radius 3 is 2.65 bits per heavy atom. The summed E-state index contributed by atoms with van der Waals surface area (Å²) in [6, 6.07) is 5.31. The van der Waals surface area contributed by atoms with Crippen molar-refractivity contribution in [3.05, 3.63) is 57.8 Å². The van der Waals surface area contributed by atoms with E-state index in [0.29, 0.717) is 35.5 Å². The predicted octanol–water partition coefficient (Wildman–Crippen LogP) is 4.55. The Bertz CT molecular complexity index is 851. The quantitative estimate of drug-likeness (QED) is 0.793. The van der Waals surface area contributed by atoms with Crippen molar-refractivity contribution in [3.63, 3.8) is 0 Å². The van der Waals surface area contributed by atoms with E-state index in [-0.39, 0.29) is 11.5 Å². The van der Waals surface area contributed by atoms with Crippen molar-refractivity contribution in [2.24, 2.45) is 0 Å². The molecule has 2 aliphatic rings. The SMILES string of the molecule is COC1=C(c2ccc(NC(=O)C3=C(C(=O)O)CCC3)cc2Cl)CCC=C1. The van der Waals surface area contributed by atoms with Crippen LogP contribution < -0.4 is 5.32 Å². The number of rotatable bonds is 5. The van der Waals surface area contributed by atoms with Crippen molar-refractivity contribution in [3.8, 4) is 0 Å². The van der Waals surface area contributed by atoms with Crippen LogP contribution in [0.25, 0.3) is 5.57 Å². The minimum absolute atomic E-state index is 0.203. The third-order valence-electron chi connectivity index (χ3n) is 4.65. The van der Waals surface area contributed by atoms with E-state index in [9.17, 15) is 14.7 Å². The van der Waals surface area contributed by atoms with Gasteiger partial charge in [-0.05, 0) is 50.3 Å². The van der Waals surface area contributed by atoms with Crippen LogP contribution in [-0.2, 0) is 14.3 Å². The van der Waals surface area contributed by atoms with E-state index in [0.717, 1.165) is 29.7 Å². The van der Waals surface area contributed by atoms with Crippen LogP contribution in [0.1, 0.15) is 37.7 Å². The minimum Gasteiger partial charge on any atom is -0.496 e. The molecule has 26 heavy (non-hydrogen) atoms. The van der Waals surface area contributed by atoms with Crippen LogP contribution in [0.5, 0.6) is 0 Å². The largest absolute Gasteiger partial charge is 0.496 e. The number of amides is 1. The maximum absolute atomic E-state index is 12.4. The molecule has 0 aromatic heterocycles. The summed E-state index contributed by atoms with van der Waals surface area (Å²) in [5, 5.41) is 12.5. The highest BCUT2D eigenvalue weighted by molar-refractivity contribution is 6.32. The van der Waals surface area contributed by atoms with E-state index in [2.05, 4.69) is 11.4 Å². The number of hydrogen-bond donors (Lipinski definition) is 2. The van der Waals surface area contributed by atoms with Crippen LogP contribution in [-0.4, -0.2) is 24.1 Å². The zero-order valence-electron chi connectivity index (χ0n) is 14.5. The van der Waals surface area contributed by atoms with Gasteiger partial charge in [0.1, 0.15) is 5.76 Å². The molecule has 0 atom stereocenters. The van der Waals surface area contributed by atoms with Crippen LogP contribution in [0.4, 0.5) is 5.69 Å². The maximum atomic E-state index is 12.4. The third kappa shape index (κ3) is 3.68. The minimum atomic E-state index is -1.02. The fourth-order valence-corrected chi connectivity index (χ4v) is 3.67. The number of ether oxygens (including phenoxy) is 1. The van der Waals surface area contributed by atoms with Crippen molar-refractivity contribution in [1.29, 1.82) is 0 Å². The molecule has 2 N–H and O–H groups in total. The van der Waals surface area contributed by atoms with Gasteiger partial charge in [-0.1, -0.05) is 23.7 Å². The second-order valence-corrected chi connectivity index (χ2v) is 6.66. The van der Waals surface area contributed by atoms with Crippen LogP contribution >= 0.6 is 11.6 Å². The molecule has 0 saturated carbocycles. The molecular weight excluding hydrogens is 354 g/mol. The zero-order valence-corrected chi connectivity index (χ0v) is 15.2. The zero-order chi connectivity index (χ0) is 18.7. The summed E-state index contributed by atoms with van der Waals surface area (Å²) in [7, 11) is 1.63. The summed E-state index contributed by atoms with van der Waals surface area (Å²) in [5.41, 5.74) is 2.99. The average molecular weight is 374 g/mol. The van der Waals surface area contributed by atoms with Gasteiger partial charge in [0, 0.05) is 28.0 Å². The van der Waals surface area contributed by atoms with Gasteiger partial charge in [0.2, 0.25) is 0 Å². The first-order valence-electron chi connectivity index (χ1n) is 8.51. The molecule has 1 aromatic carbocycles. The van der Waals surface area contributed by atoms with Crippen molar-refractivity contribution in [2.75, 3.05) is 12.4 Å². The fraction of sp³-hybridized carbons (Fsp3) is 0.300. The molecule has 2 aliphatic carbocycles. The Kier molecular flexibility index (Phi) is 5.47. The van der Waals surface area contributed by atoms with Crippen LogP contribution in [0.15, 0.2) is 47.3 Å². The predicted molar refractivity (Wildman–Crippen MR) is 101 cm³/mol. The van der Waals surface area contributed by atoms with Gasteiger partial charge in [0.15, 0.2) is 0 Å². The van der Waals surface area contributed by atoms with E-state index in [1.54, 1.807) is 19.2 Å². The number of carboxylic acids is 1. The molecule has 1 aromatic rings. The van der Waals surface area contributed by atoms with Gasteiger partial charge in [0.05, 0.1) is 12.1 Å². The monoisotopic (exact) mass is 373 g/mol. The summed E-state index contributed by atoms with van der Waals surface area (Å²) < 4.78 is 5.41. The molecule has 0 aliphatic heterocycles. The molecule has 0 saturated heterocycles. The van der Waals surface area contributed by atoms with E-state index < -0.39 is 5.97 Å². The third-order valence-corrected chi connectivity index (χ3v) is 4.96. The van der Waals surface area contributed by atoms with Crippen molar-refractivity contribution < 1.29 is 19.4 Å². The number of carbonyl (C=O) groups excluding carboxylic acids is 1. The molecule has 0 heterocycles. The van der Waals surface area contributed by atoms with Crippen LogP contribution in [0, 0.1) is 0 Å². The Hall–Kier alpha value is -2.53. The van der Waals surface area contributed by atoms with Gasteiger partial charge in [-0.3, -0.25) is 4.79 Å². The van der Waals surface area contributed by atoms with Gasteiger partial charge in [0.25, 0.3) is 5.91 Å². The molecule has 0 bridgehead atoms. The van der Waals surface area contributed by atoms with Crippen molar-refractivity contribution in [2.45, 2.75) is 32.1 Å². The molecule has 1 amide bonds. The molecule has 136 valence electrons. The van der Waals surface area contributed by atoms with Crippen molar-refractivity contribution in [1.82, 2.24) is 0 Å². The lowest BCUT2D eigenvalue weighted by Crippen LogP contribution is -2.16. The number of methoxy groups -OCH3 is 1. The standard InChI is InChI=1S/C20H20ClNO4/c1-26-18-8-3-2-5-14(18)13-10-9-12(11-17(13)21)22-19(23)15-6-4-7-16(15)20(24)25/h3,8-11H,2,4-7H2,1H3,(H,22,23)(H,24,25). The summed E-state index contributed by atoms with van der Waals surface area (Å²) in [4.78, 5) is 23.6. The highest BCUT2D eigenvalue weighted by Gasteiger charge is 2.25. The normalized spacial score (nSPS) is 16.8. The number of aliphatic carboxylic acids is 1. The average Bonchev–Trinajstić information content (AvgIpc) is 3.12. The maximum Gasteiger partial charge on any atom is 0.332 e. The molecule has 0 spiro atoms. The second-order valence-electron chi connectivity index (χ2n) is 6.25. The summed E-state index contributed by atoms with van der Waals surface area (Å²) in [5.74, 6) is -0.608. The second kappa shape index (κ2) is 7.79. The number of carbonyl (C=O) groups is 2. The molecule has 0 fully saturated rings. The smallest absolute Gasteiger partial charge is 0.332 e. The van der Waals surface area contributed by atoms with Crippen LogP contribution in [0.3, 0.4) is 0 Å². The Morgan fingerprint density at radius 2 is 1.96 bits per heavy atom. The highest BCUT2D eigenvalue weighted by Crippen LogP contribution is 2.35. The highest BCUT2D eigenvalue weighted by atomic mass is 35.5. The number of benzene rings is 1. The summed E-state index contributed by atoms with van der Waals surface area (Å²) in [6.45, 7) is 0. The number of halogens is 1. The molecule has 5 nitrogen and oxygen atoms in total. The number of carboxylic acid groups (broad SMARTS) is 1. The van der Waals surface area contributed by atoms with Crippen LogP contribution in [0.2, 0.25) is 5.02 Å². The first-order chi connectivity index (χ1) is 12.5. The molecule has 3 rings (SSSR count). The van der Waals surface area contributed by atoms with Gasteiger partial charge >= 0.3 is 5.97 Å². The first kappa shape index (κ1) is 18.3. The Balaban J connectivity index is 1.83. The molecule has 0 radical (unpaired) electrons. The number of nitrogens with one attached hydrogen (secondary N) is 1. The first-order valence-corrected chi connectivity index (χ1v) is 8.89. The van der Waals surface area contributed by atoms with Gasteiger partial charge in [-0.15, -0.1) is 0 Å². The lowest BCUT2D eigenvalue weighted by atomic mass is 9.95. The van der Waals surface area contributed by atoms with Gasteiger partial charge in [-0.25, -0.2) is 4.79 Å². The summed E-state index contributed by atoms with van der Waals surface area (Å²) in [6.07, 6.45) is 7.34. The Labute approximate surface area is 157 Å². The number of anilines is 1. The van der Waals surface area contributed by atoms with E-state index >= 15 is 0 Å². The van der Waals surface area contributed by atoms with E-state index in [1.165, 1.54) is 0 Å². The van der Waals surface area contributed by atoms with Gasteiger partial charge in [-0.2, -0.15) is 0 Å². The number of allylic oxidation sites excluding steroid dienone is 3. The lowest BCUT2D eigenvalue weighted by molar-refractivity contribution is -0.133. The Morgan fingerprint density at radius 1 is 1.19 bits per heavy atom. The number of hydrogen-bond acceptors (Lipinski definition) is 3. The molecular formula is C20H20ClNO4. The molecule has 6 heteroatoms. The molecule has 0 unspecified atom stereocenters. The van der Waals surface area contributed by atoms with E-state index in [1.807, 2.05) is 12.1 Å². The fourth-order valence-electron chi connectivity index (χ4n) is 3.37. The van der Waals surface area contributed by atoms with Gasteiger partial charge < -0.3 is 15.2 Å². The lowest BCUT2D eigenvalue weighted by Gasteiger charge is -2.17. The van der Waals surface area contributed by atoms with Crippen molar-refractivity contribution >= 4 is 34.7 Å². The van der Waals surface area contributed by atoms with E-state index in [4.69, 9.17) is 16.3 Å².